The summed E-state index contributed by atoms with van der Waals surface area (Å²) in [5.74, 6) is 0.415. The average Bonchev–Trinajstić information content (AvgIpc) is 3.13. The summed E-state index contributed by atoms with van der Waals surface area (Å²) >= 11 is 0. The Morgan fingerprint density at radius 1 is 0.960 bits per heavy atom. The molecule has 2 aromatic rings. The number of benzene rings is 2. The molecule has 0 unspecified atom stereocenters. The van der Waals surface area contributed by atoms with E-state index in [1.807, 2.05) is 12.1 Å². The zero-order valence-electron chi connectivity index (χ0n) is 14.0. The van der Waals surface area contributed by atoms with Crippen LogP contribution < -0.4 is 9.47 Å². The molecule has 1 aliphatic rings. The minimum atomic E-state index is -1.17. The third kappa shape index (κ3) is 4.44. The molecule has 0 heterocycles. The number of carboxylic acid groups (broad SMARTS) is 1. The first-order valence-electron chi connectivity index (χ1n) is 8.55. The van der Waals surface area contributed by atoms with Gasteiger partial charge in [0.1, 0.15) is 36.0 Å². The van der Waals surface area contributed by atoms with Crippen molar-refractivity contribution in [2.24, 2.45) is 0 Å². The molecule has 0 bridgehead atoms. The Labute approximate surface area is 146 Å². The highest BCUT2D eigenvalue weighted by Gasteiger charge is 2.16. The Kier molecular flexibility index (Phi) is 5.43. The third-order valence-corrected chi connectivity index (χ3v) is 4.53. The molecule has 0 aliphatic heterocycles. The summed E-state index contributed by atoms with van der Waals surface area (Å²) in [6.45, 7) is 0.667. The number of rotatable bonds is 7. The van der Waals surface area contributed by atoms with Crippen molar-refractivity contribution < 1.29 is 24.5 Å². The Morgan fingerprint density at radius 2 is 1.56 bits per heavy atom. The smallest absolute Gasteiger partial charge is 0.339 e. The van der Waals surface area contributed by atoms with Gasteiger partial charge in [0, 0.05) is 6.07 Å². The van der Waals surface area contributed by atoms with E-state index >= 15 is 0 Å². The maximum absolute atomic E-state index is 10.8. The lowest BCUT2D eigenvalue weighted by Crippen LogP contribution is -2.09. The van der Waals surface area contributed by atoms with Crippen molar-refractivity contribution in [3.8, 4) is 17.2 Å². The van der Waals surface area contributed by atoms with Gasteiger partial charge >= 0.3 is 5.97 Å². The summed E-state index contributed by atoms with van der Waals surface area (Å²) in [5, 5.41) is 18.5. The predicted molar refractivity (Wildman–Crippen MR) is 93.7 cm³/mol. The van der Waals surface area contributed by atoms with Crippen molar-refractivity contribution in [1.29, 1.82) is 0 Å². The van der Waals surface area contributed by atoms with Crippen LogP contribution in [0.2, 0.25) is 0 Å². The fraction of sp³-hybridized carbons (Fsp3) is 0.350. The van der Waals surface area contributed by atoms with Crippen LogP contribution in [0.15, 0.2) is 42.5 Å². The summed E-state index contributed by atoms with van der Waals surface area (Å²) in [6.07, 6.45) is 5.20. The summed E-state index contributed by atoms with van der Waals surface area (Å²) in [7, 11) is 0. The maximum Gasteiger partial charge on any atom is 0.339 e. The molecule has 0 spiro atoms. The van der Waals surface area contributed by atoms with Crippen molar-refractivity contribution in [2.75, 3.05) is 13.2 Å². The van der Waals surface area contributed by atoms with Gasteiger partial charge in [-0.2, -0.15) is 0 Å². The Morgan fingerprint density at radius 3 is 2.16 bits per heavy atom. The van der Waals surface area contributed by atoms with Gasteiger partial charge in [-0.1, -0.05) is 25.0 Å². The quantitative estimate of drug-likeness (QED) is 0.737. The molecular formula is C20H22O5. The van der Waals surface area contributed by atoms with E-state index in [4.69, 9.17) is 14.6 Å². The molecule has 0 saturated heterocycles. The number of aromatic carboxylic acids is 1. The molecule has 1 aliphatic carbocycles. The molecule has 1 fully saturated rings. The number of ether oxygens (including phenoxy) is 2. The van der Waals surface area contributed by atoms with E-state index in [1.54, 1.807) is 0 Å². The van der Waals surface area contributed by atoms with Gasteiger partial charge < -0.3 is 19.7 Å². The van der Waals surface area contributed by atoms with Crippen molar-refractivity contribution in [3.63, 3.8) is 0 Å². The minimum Gasteiger partial charge on any atom is -0.507 e. The van der Waals surface area contributed by atoms with E-state index in [9.17, 15) is 9.90 Å². The highest BCUT2D eigenvalue weighted by Crippen LogP contribution is 2.34. The highest BCUT2D eigenvalue weighted by atomic mass is 16.5. The summed E-state index contributed by atoms with van der Waals surface area (Å²) in [5.41, 5.74) is 1.24. The fourth-order valence-electron chi connectivity index (χ4n) is 3.20. The first kappa shape index (κ1) is 17.1. The normalized spacial score (nSPS) is 14.4. The van der Waals surface area contributed by atoms with Crippen LogP contribution in [0.25, 0.3) is 0 Å². The van der Waals surface area contributed by atoms with E-state index in [-0.39, 0.29) is 11.3 Å². The van der Waals surface area contributed by atoms with Crippen LogP contribution in [0, 0.1) is 0 Å². The van der Waals surface area contributed by atoms with E-state index in [0.717, 1.165) is 5.75 Å². The number of carbonyl (C=O) groups is 1. The zero-order valence-corrected chi connectivity index (χ0v) is 14.0. The van der Waals surface area contributed by atoms with Crippen LogP contribution in [0.4, 0.5) is 0 Å². The van der Waals surface area contributed by atoms with E-state index in [1.165, 1.54) is 49.4 Å². The van der Waals surface area contributed by atoms with Crippen LogP contribution in [0.3, 0.4) is 0 Å². The lowest BCUT2D eigenvalue weighted by atomic mass is 9.98. The number of hydrogen-bond acceptors (Lipinski definition) is 4. The molecule has 25 heavy (non-hydrogen) atoms. The third-order valence-electron chi connectivity index (χ3n) is 4.53. The molecule has 5 nitrogen and oxygen atoms in total. The molecule has 3 rings (SSSR count). The molecule has 1 saturated carbocycles. The summed E-state index contributed by atoms with van der Waals surface area (Å²) in [4.78, 5) is 10.8. The van der Waals surface area contributed by atoms with Crippen LogP contribution in [0.1, 0.15) is 47.5 Å². The molecule has 0 radical (unpaired) electrons. The van der Waals surface area contributed by atoms with Gasteiger partial charge in [-0.25, -0.2) is 4.79 Å². The molecule has 0 amide bonds. The second kappa shape index (κ2) is 7.92. The highest BCUT2D eigenvalue weighted by molar-refractivity contribution is 5.90. The summed E-state index contributed by atoms with van der Waals surface area (Å²) in [6, 6.07) is 12.4. The lowest BCUT2D eigenvalue weighted by molar-refractivity contribution is 0.0693. The number of phenols is 1. The first-order valence-corrected chi connectivity index (χ1v) is 8.55. The van der Waals surface area contributed by atoms with Gasteiger partial charge in [0.15, 0.2) is 0 Å². The van der Waals surface area contributed by atoms with Crippen molar-refractivity contribution >= 4 is 5.97 Å². The summed E-state index contributed by atoms with van der Waals surface area (Å²) < 4.78 is 11.1. The topological polar surface area (TPSA) is 76.0 Å². The van der Waals surface area contributed by atoms with Gasteiger partial charge in [-0.3, -0.25) is 0 Å². The van der Waals surface area contributed by atoms with Gasteiger partial charge in [-0.15, -0.1) is 0 Å². The number of aromatic hydroxyl groups is 1. The minimum absolute atomic E-state index is 0.147. The van der Waals surface area contributed by atoms with E-state index < -0.39 is 5.97 Å². The molecule has 2 N–H and O–H groups in total. The van der Waals surface area contributed by atoms with Gasteiger partial charge in [0.2, 0.25) is 0 Å². The predicted octanol–water partition coefficient (Wildman–Crippen LogP) is 4.21. The van der Waals surface area contributed by atoms with Crippen LogP contribution in [0.5, 0.6) is 17.2 Å². The molecule has 2 aromatic carbocycles. The Bertz CT molecular complexity index is 717. The van der Waals surface area contributed by atoms with Gasteiger partial charge in [0.25, 0.3) is 0 Å². The molecule has 5 heteroatoms. The maximum atomic E-state index is 10.8. The first-order chi connectivity index (χ1) is 12.1. The van der Waals surface area contributed by atoms with Gasteiger partial charge in [-0.05, 0) is 48.6 Å². The van der Waals surface area contributed by atoms with Crippen LogP contribution >= 0.6 is 0 Å². The van der Waals surface area contributed by atoms with E-state index in [0.29, 0.717) is 24.9 Å². The standard InChI is InChI=1S/C20H22O5/c21-19-13-17(9-10-18(19)20(22)23)25-12-11-24-16-7-5-15(6-8-16)14-3-1-2-4-14/h5-10,13-14,21H,1-4,11-12H2,(H,22,23). The van der Waals surface area contributed by atoms with Gasteiger partial charge in [0.05, 0.1) is 0 Å². The van der Waals surface area contributed by atoms with Crippen LogP contribution in [-0.4, -0.2) is 29.4 Å². The van der Waals surface area contributed by atoms with Crippen LogP contribution in [-0.2, 0) is 0 Å². The second-order valence-electron chi connectivity index (χ2n) is 6.23. The molecule has 0 atom stereocenters. The van der Waals surface area contributed by atoms with Crippen molar-refractivity contribution in [3.05, 3.63) is 53.6 Å². The Hall–Kier alpha value is -2.69. The second-order valence-corrected chi connectivity index (χ2v) is 6.23. The van der Waals surface area contributed by atoms with Crippen molar-refractivity contribution in [1.82, 2.24) is 0 Å². The number of carboxylic acids is 1. The monoisotopic (exact) mass is 342 g/mol. The van der Waals surface area contributed by atoms with Crippen molar-refractivity contribution in [2.45, 2.75) is 31.6 Å². The number of hydrogen-bond donors (Lipinski definition) is 2. The Balaban J connectivity index is 1.45. The zero-order chi connectivity index (χ0) is 17.6. The molecule has 0 aromatic heterocycles. The largest absolute Gasteiger partial charge is 0.507 e. The van der Waals surface area contributed by atoms with E-state index in [2.05, 4.69) is 12.1 Å². The molecular weight excluding hydrogens is 320 g/mol. The SMILES string of the molecule is O=C(O)c1ccc(OCCOc2ccc(C3CCCC3)cc2)cc1O. The molecule has 132 valence electrons. The average molecular weight is 342 g/mol. The lowest BCUT2D eigenvalue weighted by Gasteiger charge is -2.12. The fourth-order valence-corrected chi connectivity index (χ4v) is 3.20.